The minimum Gasteiger partial charge on any atom is -0.494 e. The number of rotatable bonds is 7. The van der Waals surface area contributed by atoms with Crippen molar-refractivity contribution in [3.63, 3.8) is 0 Å². The van der Waals surface area contributed by atoms with Crippen molar-refractivity contribution in [2.45, 2.75) is 6.42 Å². The van der Waals surface area contributed by atoms with Gasteiger partial charge >= 0.3 is 0 Å². The van der Waals surface area contributed by atoms with Gasteiger partial charge in [-0.2, -0.15) is 4.31 Å². The first-order valence-electron chi connectivity index (χ1n) is 8.81. The number of anilines is 1. The zero-order valence-electron chi connectivity index (χ0n) is 14.9. The molecule has 0 N–H and O–H groups in total. The van der Waals surface area contributed by atoms with Gasteiger partial charge in [0.2, 0.25) is 10.0 Å². The highest BCUT2D eigenvalue weighted by Gasteiger charge is 2.27. The van der Waals surface area contributed by atoms with E-state index in [9.17, 15) is 12.8 Å². The summed E-state index contributed by atoms with van der Waals surface area (Å²) in [6, 6.07) is 13.2. The molecule has 3 rings (SSSR count). The van der Waals surface area contributed by atoms with Gasteiger partial charge in [-0.25, -0.2) is 12.8 Å². The molecule has 1 aliphatic heterocycles. The zero-order valence-corrected chi connectivity index (χ0v) is 16.4. The molecule has 0 saturated carbocycles. The molecule has 0 spiro atoms. The Hall–Kier alpha value is -1.83. The lowest BCUT2D eigenvalue weighted by molar-refractivity contribution is 0.314. The highest BCUT2D eigenvalue weighted by atomic mass is 35.5. The monoisotopic (exact) mass is 412 g/mol. The summed E-state index contributed by atoms with van der Waals surface area (Å²) in [6.07, 6.45) is 0.379. The van der Waals surface area contributed by atoms with Crippen molar-refractivity contribution in [2.75, 3.05) is 43.4 Å². The summed E-state index contributed by atoms with van der Waals surface area (Å²) in [6.45, 7) is 2.35. The molecule has 0 radical (unpaired) electrons. The molecule has 1 aliphatic rings. The average molecular weight is 413 g/mol. The summed E-state index contributed by atoms with van der Waals surface area (Å²) in [4.78, 5) is 2.10. The number of benzene rings is 2. The molecule has 146 valence electrons. The Bertz CT molecular complexity index is 854. The van der Waals surface area contributed by atoms with Crippen molar-refractivity contribution in [3.8, 4) is 5.75 Å². The van der Waals surface area contributed by atoms with E-state index in [1.165, 1.54) is 28.6 Å². The van der Waals surface area contributed by atoms with Crippen LogP contribution in [0.4, 0.5) is 10.1 Å². The third-order valence-corrected chi connectivity index (χ3v) is 6.73. The van der Waals surface area contributed by atoms with Crippen molar-refractivity contribution < 1.29 is 17.5 Å². The van der Waals surface area contributed by atoms with Crippen molar-refractivity contribution in [2.24, 2.45) is 0 Å². The van der Waals surface area contributed by atoms with Crippen molar-refractivity contribution in [3.05, 3.63) is 59.4 Å². The summed E-state index contributed by atoms with van der Waals surface area (Å²) in [5.41, 5.74) is 0.934. The van der Waals surface area contributed by atoms with E-state index >= 15 is 0 Å². The van der Waals surface area contributed by atoms with E-state index < -0.39 is 10.0 Å². The predicted molar refractivity (Wildman–Crippen MR) is 106 cm³/mol. The highest BCUT2D eigenvalue weighted by Crippen LogP contribution is 2.26. The second-order valence-corrected chi connectivity index (χ2v) is 8.81. The van der Waals surface area contributed by atoms with E-state index in [4.69, 9.17) is 16.3 Å². The van der Waals surface area contributed by atoms with E-state index in [0.717, 1.165) is 5.69 Å². The first-order valence-corrected chi connectivity index (χ1v) is 10.8. The molecule has 0 atom stereocenters. The molecule has 0 aliphatic carbocycles. The maximum Gasteiger partial charge on any atom is 0.214 e. The molecule has 1 heterocycles. The molecular weight excluding hydrogens is 391 g/mol. The fourth-order valence-corrected chi connectivity index (χ4v) is 4.72. The number of nitrogens with zero attached hydrogens (tertiary/aromatic N) is 2. The molecule has 5 nitrogen and oxygen atoms in total. The highest BCUT2D eigenvalue weighted by molar-refractivity contribution is 7.89. The lowest BCUT2D eigenvalue weighted by atomic mass is 10.2. The van der Waals surface area contributed by atoms with Crippen LogP contribution in [0.5, 0.6) is 5.75 Å². The third-order valence-electron chi connectivity index (χ3n) is 4.45. The Kier molecular flexibility index (Phi) is 6.57. The van der Waals surface area contributed by atoms with Gasteiger partial charge in [-0.15, -0.1) is 0 Å². The lowest BCUT2D eigenvalue weighted by Crippen LogP contribution is -2.49. The van der Waals surface area contributed by atoms with Crippen LogP contribution in [-0.2, 0) is 10.0 Å². The van der Waals surface area contributed by atoms with Crippen molar-refractivity contribution in [1.29, 1.82) is 0 Å². The molecule has 8 heteroatoms. The SMILES string of the molecule is O=S(=O)(CCCOc1ccc(F)cc1)N1CCN(c2ccccc2Cl)CC1. The minimum atomic E-state index is -3.33. The average Bonchev–Trinajstić information content (AvgIpc) is 2.67. The van der Waals surface area contributed by atoms with Gasteiger partial charge in [0.05, 0.1) is 23.1 Å². The second kappa shape index (κ2) is 8.91. The van der Waals surface area contributed by atoms with Gasteiger partial charge in [-0.3, -0.25) is 0 Å². The summed E-state index contributed by atoms with van der Waals surface area (Å²) >= 11 is 6.22. The van der Waals surface area contributed by atoms with Crippen LogP contribution in [0.3, 0.4) is 0 Å². The van der Waals surface area contributed by atoms with Gasteiger partial charge in [0.15, 0.2) is 0 Å². The number of para-hydroxylation sites is 1. The van der Waals surface area contributed by atoms with E-state index in [-0.39, 0.29) is 18.2 Å². The Balaban J connectivity index is 1.45. The number of sulfonamides is 1. The Morgan fingerprint density at radius 1 is 1.00 bits per heavy atom. The molecular formula is C19H22ClFN2O3S. The maximum atomic E-state index is 12.8. The molecule has 1 fully saturated rings. The molecule has 0 unspecified atom stereocenters. The normalized spacial score (nSPS) is 15.7. The van der Waals surface area contributed by atoms with Crippen molar-refractivity contribution in [1.82, 2.24) is 4.31 Å². The molecule has 1 saturated heterocycles. The van der Waals surface area contributed by atoms with E-state index in [2.05, 4.69) is 4.90 Å². The fourth-order valence-electron chi connectivity index (χ4n) is 3.01. The van der Waals surface area contributed by atoms with Crippen LogP contribution in [0, 0.1) is 5.82 Å². The molecule has 2 aromatic rings. The topological polar surface area (TPSA) is 49.9 Å². The Morgan fingerprint density at radius 2 is 1.67 bits per heavy atom. The van der Waals surface area contributed by atoms with Gasteiger partial charge in [0.25, 0.3) is 0 Å². The van der Waals surface area contributed by atoms with Crippen LogP contribution < -0.4 is 9.64 Å². The Morgan fingerprint density at radius 3 is 2.33 bits per heavy atom. The van der Waals surface area contributed by atoms with E-state index in [1.807, 2.05) is 24.3 Å². The molecule has 0 bridgehead atoms. The first kappa shape index (κ1) is 19.9. The maximum absolute atomic E-state index is 12.8. The molecule has 0 aromatic heterocycles. The molecule has 0 amide bonds. The minimum absolute atomic E-state index is 0.0281. The summed E-state index contributed by atoms with van der Waals surface area (Å²) in [5.74, 6) is 0.225. The number of hydrogen-bond donors (Lipinski definition) is 0. The van der Waals surface area contributed by atoms with Gasteiger partial charge in [-0.1, -0.05) is 23.7 Å². The number of piperazine rings is 1. The van der Waals surface area contributed by atoms with Gasteiger partial charge in [-0.05, 0) is 42.8 Å². The van der Waals surface area contributed by atoms with Crippen LogP contribution in [0.15, 0.2) is 48.5 Å². The van der Waals surface area contributed by atoms with Gasteiger partial charge < -0.3 is 9.64 Å². The second-order valence-electron chi connectivity index (χ2n) is 6.31. The summed E-state index contributed by atoms with van der Waals surface area (Å²) in [7, 11) is -3.33. The summed E-state index contributed by atoms with van der Waals surface area (Å²) in [5, 5.41) is 0.673. The standard InChI is InChI=1S/C19H22ClFN2O3S/c20-18-4-1-2-5-19(18)22-10-12-23(13-11-22)27(24,25)15-3-14-26-17-8-6-16(21)7-9-17/h1-2,4-9H,3,10-15H2. The number of hydrogen-bond acceptors (Lipinski definition) is 4. The quantitative estimate of drug-likeness (QED) is 0.654. The lowest BCUT2D eigenvalue weighted by Gasteiger charge is -2.35. The van der Waals surface area contributed by atoms with Crippen molar-refractivity contribution >= 4 is 27.3 Å². The summed E-state index contributed by atoms with van der Waals surface area (Å²) < 4.78 is 44.9. The van der Waals surface area contributed by atoms with Gasteiger partial charge in [0.1, 0.15) is 11.6 Å². The van der Waals surface area contributed by atoms with Gasteiger partial charge in [0, 0.05) is 26.2 Å². The van der Waals surface area contributed by atoms with Crippen LogP contribution >= 0.6 is 11.6 Å². The predicted octanol–water partition coefficient (Wildman–Crippen LogP) is 3.40. The zero-order chi connectivity index (χ0) is 19.3. The largest absolute Gasteiger partial charge is 0.494 e. The van der Waals surface area contributed by atoms with Crippen LogP contribution in [-0.4, -0.2) is 51.3 Å². The van der Waals surface area contributed by atoms with Crippen LogP contribution in [0.25, 0.3) is 0 Å². The first-order chi connectivity index (χ1) is 13.0. The fraction of sp³-hybridized carbons (Fsp3) is 0.368. The molecule has 2 aromatic carbocycles. The van der Waals surface area contributed by atoms with E-state index in [0.29, 0.717) is 43.4 Å². The number of ether oxygens (including phenoxy) is 1. The van der Waals surface area contributed by atoms with Crippen LogP contribution in [0.2, 0.25) is 5.02 Å². The molecule has 27 heavy (non-hydrogen) atoms. The Labute approximate surface area is 164 Å². The number of halogens is 2. The van der Waals surface area contributed by atoms with Crippen LogP contribution in [0.1, 0.15) is 6.42 Å². The van der Waals surface area contributed by atoms with E-state index in [1.54, 1.807) is 0 Å². The third kappa shape index (κ3) is 5.34. The smallest absolute Gasteiger partial charge is 0.214 e.